The minimum absolute atomic E-state index is 0.122. The molecule has 0 aliphatic heterocycles. The molecule has 2 N–H and O–H groups in total. The minimum Gasteiger partial charge on any atom is -0.463 e. The van der Waals surface area contributed by atoms with E-state index in [1.54, 1.807) is 30.7 Å². The van der Waals surface area contributed by atoms with Gasteiger partial charge in [-0.05, 0) is 36.4 Å². The lowest BCUT2D eigenvalue weighted by Gasteiger charge is -2.04. The van der Waals surface area contributed by atoms with E-state index >= 15 is 0 Å². The van der Waals surface area contributed by atoms with Crippen molar-refractivity contribution in [2.45, 2.75) is 6.92 Å². The van der Waals surface area contributed by atoms with Gasteiger partial charge in [-0.25, -0.2) is 4.98 Å². The maximum absolute atomic E-state index is 11.0. The van der Waals surface area contributed by atoms with Crippen molar-refractivity contribution >= 4 is 34.2 Å². The first-order valence-electron chi connectivity index (χ1n) is 7.40. The van der Waals surface area contributed by atoms with Gasteiger partial charge in [-0.3, -0.25) is 4.79 Å². The summed E-state index contributed by atoms with van der Waals surface area (Å²) >= 11 is 1.38. The summed E-state index contributed by atoms with van der Waals surface area (Å²) in [5.74, 6) is 0.546. The van der Waals surface area contributed by atoms with E-state index in [4.69, 9.17) is 4.42 Å². The summed E-state index contributed by atoms with van der Waals surface area (Å²) in [5.41, 5.74) is 2.63. The van der Waals surface area contributed by atoms with Crippen LogP contribution in [0.3, 0.4) is 0 Å². The number of nitrogens with zero attached hydrogens (tertiary/aromatic N) is 2. The van der Waals surface area contributed by atoms with E-state index in [1.807, 2.05) is 23.6 Å². The van der Waals surface area contributed by atoms with Gasteiger partial charge in [0.25, 0.3) is 0 Å². The molecule has 7 heteroatoms. The van der Waals surface area contributed by atoms with Crippen LogP contribution >= 0.6 is 11.3 Å². The monoisotopic (exact) mass is 350 g/mol. The van der Waals surface area contributed by atoms with Crippen molar-refractivity contribution in [3.05, 3.63) is 59.2 Å². The molecule has 1 aromatic carbocycles. The number of allylic oxidation sites excluding steroid dienone is 1. The Bertz CT molecular complexity index is 934. The fraction of sp³-hybridized carbons (Fsp3) is 0.0556. The lowest BCUT2D eigenvalue weighted by Crippen LogP contribution is -2.05. The summed E-state index contributed by atoms with van der Waals surface area (Å²) in [6.45, 7) is 1.46. The van der Waals surface area contributed by atoms with Crippen LogP contribution < -0.4 is 10.6 Å². The van der Waals surface area contributed by atoms with Crippen molar-refractivity contribution in [3.8, 4) is 17.5 Å². The third-order valence-corrected chi connectivity index (χ3v) is 4.09. The van der Waals surface area contributed by atoms with E-state index in [1.165, 1.54) is 18.3 Å². The first kappa shape index (κ1) is 16.5. The summed E-state index contributed by atoms with van der Waals surface area (Å²) in [6.07, 6.45) is 3.19. The van der Waals surface area contributed by atoms with Crippen LogP contribution in [0.4, 0.5) is 11.4 Å². The Morgan fingerprint density at radius 2 is 2.04 bits per heavy atom. The molecule has 0 unspecified atom stereocenters. The van der Waals surface area contributed by atoms with Crippen LogP contribution in [0.5, 0.6) is 0 Å². The molecule has 0 saturated heterocycles. The number of furan rings is 1. The second-order valence-electron chi connectivity index (χ2n) is 5.09. The van der Waals surface area contributed by atoms with Gasteiger partial charge in [0.15, 0.2) is 5.76 Å². The molecule has 0 aliphatic rings. The molecule has 0 aliphatic carbocycles. The third-order valence-electron chi connectivity index (χ3n) is 3.22. The molecular formula is C18H14N4O2S. The average molecular weight is 350 g/mol. The lowest BCUT2D eigenvalue weighted by molar-refractivity contribution is -0.114. The third kappa shape index (κ3) is 4.13. The van der Waals surface area contributed by atoms with Gasteiger partial charge in [0.1, 0.15) is 22.3 Å². The van der Waals surface area contributed by atoms with Gasteiger partial charge < -0.3 is 15.1 Å². The number of nitriles is 1. The first-order chi connectivity index (χ1) is 12.2. The Morgan fingerprint density at radius 1 is 1.28 bits per heavy atom. The molecule has 124 valence electrons. The van der Waals surface area contributed by atoms with Crippen LogP contribution in [0, 0.1) is 11.3 Å². The largest absolute Gasteiger partial charge is 0.463 e. The standard InChI is InChI=1S/C18H14N4O2S/c1-12(23)21-15-6-4-14(5-7-15)20-10-13(9-19)18-22-16(11-25-18)17-3-2-8-24-17/h2-8,10-11,20H,1H3,(H,21,23)/b13-10+. The van der Waals surface area contributed by atoms with Gasteiger partial charge in [-0.15, -0.1) is 11.3 Å². The van der Waals surface area contributed by atoms with Crippen LogP contribution in [-0.4, -0.2) is 10.9 Å². The number of hydrogen-bond acceptors (Lipinski definition) is 6. The van der Waals surface area contributed by atoms with Gasteiger partial charge in [-0.1, -0.05) is 0 Å². The zero-order valence-electron chi connectivity index (χ0n) is 13.3. The maximum atomic E-state index is 11.0. The number of hydrogen-bond donors (Lipinski definition) is 2. The number of aromatic nitrogens is 1. The van der Waals surface area contributed by atoms with Crippen LogP contribution in [0.2, 0.25) is 0 Å². The lowest BCUT2D eigenvalue weighted by atomic mass is 10.2. The molecule has 3 rings (SSSR count). The molecule has 3 aromatic rings. The van der Waals surface area contributed by atoms with Gasteiger partial charge in [0, 0.05) is 29.9 Å². The molecule has 0 fully saturated rings. The quantitative estimate of drug-likeness (QED) is 0.668. The summed E-state index contributed by atoms with van der Waals surface area (Å²) < 4.78 is 5.31. The molecule has 1 amide bonds. The van der Waals surface area contributed by atoms with Gasteiger partial charge in [0.05, 0.1) is 6.26 Å². The van der Waals surface area contributed by atoms with E-state index < -0.39 is 0 Å². The molecule has 2 heterocycles. The number of amides is 1. The number of carbonyl (C=O) groups excluding carboxylic acids is 1. The van der Waals surface area contributed by atoms with Crippen LogP contribution in [-0.2, 0) is 4.79 Å². The fourth-order valence-electron chi connectivity index (χ4n) is 2.09. The molecule has 25 heavy (non-hydrogen) atoms. The van der Waals surface area contributed by atoms with E-state index in [0.29, 0.717) is 27.7 Å². The highest BCUT2D eigenvalue weighted by molar-refractivity contribution is 7.11. The topological polar surface area (TPSA) is 91.0 Å². The van der Waals surface area contributed by atoms with Crippen molar-refractivity contribution < 1.29 is 9.21 Å². The molecule has 0 radical (unpaired) electrons. The SMILES string of the molecule is CC(=O)Nc1ccc(N/C=C(\C#N)c2nc(-c3ccco3)cs2)cc1. The van der Waals surface area contributed by atoms with E-state index in [-0.39, 0.29) is 5.91 Å². The second-order valence-corrected chi connectivity index (χ2v) is 5.95. The summed E-state index contributed by atoms with van der Waals surface area (Å²) in [4.78, 5) is 15.4. The molecule has 0 spiro atoms. The molecule has 2 aromatic heterocycles. The molecule has 0 bridgehead atoms. The smallest absolute Gasteiger partial charge is 0.221 e. The second kappa shape index (κ2) is 7.47. The van der Waals surface area contributed by atoms with Crippen molar-refractivity contribution in [2.24, 2.45) is 0 Å². The molecule has 0 atom stereocenters. The van der Waals surface area contributed by atoms with Gasteiger partial charge >= 0.3 is 0 Å². The highest BCUT2D eigenvalue weighted by atomic mass is 32.1. The molecular weight excluding hydrogens is 336 g/mol. The average Bonchev–Trinajstić information content (AvgIpc) is 3.28. The number of thiazole rings is 1. The van der Waals surface area contributed by atoms with Gasteiger partial charge in [-0.2, -0.15) is 5.26 Å². The van der Waals surface area contributed by atoms with E-state index in [9.17, 15) is 10.1 Å². The summed E-state index contributed by atoms with van der Waals surface area (Å²) in [7, 11) is 0. The first-order valence-corrected chi connectivity index (χ1v) is 8.28. The van der Waals surface area contributed by atoms with Crippen molar-refractivity contribution in [3.63, 3.8) is 0 Å². The number of benzene rings is 1. The van der Waals surface area contributed by atoms with E-state index in [0.717, 1.165) is 5.69 Å². The predicted molar refractivity (Wildman–Crippen MR) is 97.8 cm³/mol. The van der Waals surface area contributed by atoms with E-state index in [2.05, 4.69) is 21.7 Å². The highest BCUT2D eigenvalue weighted by Crippen LogP contribution is 2.26. The van der Waals surface area contributed by atoms with Crippen molar-refractivity contribution in [1.29, 1.82) is 5.26 Å². The van der Waals surface area contributed by atoms with Crippen LogP contribution in [0.15, 0.2) is 58.7 Å². The Hall–Kier alpha value is -3.37. The highest BCUT2D eigenvalue weighted by Gasteiger charge is 2.10. The summed E-state index contributed by atoms with van der Waals surface area (Å²) in [6, 6.07) is 12.9. The Kier molecular flexibility index (Phi) is 4.92. The van der Waals surface area contributed by atoms with Crippen molar-refractivity contribution in [1.82, 2.24) is 4.98 Å². The normalized spacial score (nSPS) is 11.0. The Labute approximate surface area is 148 Å². The minimum atomic E-state index is -0.122. The zero-order chi connectivity index (χ0) is 17.6. The van der Waals surface area contributed by atoms with Crippen molar-refractivity contribution in [2.75, 3.05) is 10.6 Å². The fourth-order valence-corrected chi connectivity index (χ4v) is 2.86. The Balaban J connectivity index is 1.73. The number of anilines is 2. The molecule has 6 nitrogen and oxygen atoms in total. The zero-order valence-corrected chi connectivity index (χ0v) is 14.1. The summed E-state index contributed by atoms with van der Waals surface area (Å²) in [5, 5.41) is 17.6. The number of rotatable bonds is 5. The van der Waals surface area contributed by atoms with Gasteiger partial charge in [0.2, 0.25) is 5.91 Å². The Morgan fingerprint density at radius 3 is 2.68 bits per heavy atom. The number of nitrogens with one attached hydrogen (secondary N) is 2. The van der Waals surface area contributed by atoms with Crippen LogP contribution in [0.1, 0.15) is 11.9 Å². The predicted octanol–water partition coefficient (Wildman–Crippen LogP) is 4.34. The number of carbonyl (C=O) groups is 1. The van der Waals surface area contributed by atoms with Crippen LogP contribution in [0.25, 0.3) is 17.0 Å². The molecule has 0 saturated carbocycles. The maximum Gasteiger partial charge on any atom is 0.221 e.